The minimum absolute atomic E-state index is 0.0275. The number of hydrogen-bond donors (Lipinski definition) is 0. The van der Waals surface area contributed by atoms with Gasteiger partial charge in [-0.2, -0.15) is 16.1 Å². The number of carbonyl (C=O) groups is 2. The van der Waals surface area contributed by atoms with Crippen LogP contribution in [0.4, 0.5) is 0 Å². The van der Waals surface area contributed by atoms with Crippen LogP contribution in [-0.2, 0) is 24.3 Å². The van der Waals surface area contributed by atoms with Crippen LogP contribution in [0.2, 0.25) is 0 Å². The Bertz CT molecular complexity index is 949. The zero-order valence-electron chi connectivity index (χ0n) is 19.0. The van der Waals surface area contributed by atoms with Gasteiger partial charge in [0.15, 0.2) is 0 Å². The number of carbonyl (C=O) groups excluding carboxylic acids is 2. The molecule has 3 aliphatic rings. The van der Waals surface area contributed by atoms with Crippen molar-refractivity contribution in [2.24, 2.45) is 5.92 Å². The Kier molecular flexibility index (Phi) is 7.99. The molecule has 0 aromatic heterocycles. The van der Waals surface area contributed by atoms with E-state index in [-0.39, 0.29) is 47.5 Å². The van der Waals surface area contributed by atoms with Gasteiger partial charge < -0.3 is 14.4 Å². The van der Waals surface area contributed by atoms with E-state index >= 15 is 0 Å². The standard InChI is InChI=1S/C23H32N2O6S2/c1-30-23(27)20-6-2-3-7-21(20)33(28,29)24-11-8-17(9-12-24)22(26)25(18-10-14-32-16-18)15-19-5-4-13-31-19/h2-3,6-7,17-19H,4-5,8-16H2,1H3. The normalized spacial score (nSPS) is 24.6. The van der Waals surface area contributed by atoms with E-state index in [1.807, 2.05) is 16.7 Å². The number of benzene rings is 1. The van der Waals surface area contributed by atoms with Gasteiger partial charge in [-0.3, -0.25) is 4.79 Å². The third kappa shape index (κ3) is 5.39. The van der Waals surface area contributed by atoms with E-state index in [1.165, 1.54) is 23.5 Å². The summed E-state index contributed by atoms with van der Waals surface area (Å²) in [7, 11) is -2.64. The maximum Gasteiger partial charge on any atom is 0.339 e. The van der Waals surface area contributed by atoms with E-state index in [1.54, 1.807) is 12.1 Å². The number of amides is 1. The first-order chi connectivity index (χ1) is 15.9. The zero-order valence-corrected chi connectivity index (χ0v) is 20.6. The summed E-state index contributed by atoms with van der Waals surface area (Å²) in [4.78, 5) is 27.6. The molecule has 3 fully saturated rings. The summed E-state index contributed by atoms with van der Waals surface area (Å²) in [6, 6.07) is 6.33. The Morgan fingerprint density at radius 3 is 2.58 bits per heavy atom. The molecule has 2 atom stereocenters. The molecule has 33 heavy (non-hydrogen) atoms. The summed E-state index contributed by atoms with van der Waals surface area (Å²) in [5, 5.41) is 0. The van der Waals surface area contributed by atoms with Gasteiger partial charge in [0.05, 0.1) is 23.7 Å². The lowest BCUT2D eigenvalue weighted by molar-refractivity contribution is -0.140. The van der Waals surface area contributed by atoms with Crippen LogP contribution in [0.25, 0.3) is 0 Å². The molecule has 2 unspecified atom stereocenters. The molecule has 3 saturated heterocycles. The van der Waals surface area contributed by atoms with E-state index in [0.717, 1.165) is 37.4 Å². The maximum atomic E-state index is 13.5. The van der Waals surface area contributed by atoms with Crippen LogP contribution in [0.5, 0.6) is 0 Å². The summed E-state index contributed by atoms with van der Waals surface area (Å²) in [5.41, 5.74) is 0.0275. The summed E-state index contributed by atoms with van der Waals surface area (Å²) in [5.74, 6) is 1.27. The minimum atomic E-state index is -3.87. The molecule has 8 nitrogen and oxygen atoms in total. The quantitative estimate of drug-likeness (QED) is 0.535. The average molecular weight is 497 g/mol. The molecule has 0 aliphatic carbocycles. The number of hydrogen-bond acceptors (Lipinski definition) is 7. The molecular formula is C23H32N2O6S2. The van der Waals surface area contributed by atoms with Crippen molar-refractivity contribution in [3.63, 3.8) is 0 Å². The monoisotopic (exact) mass is 496 g/mol. The molecule has 0 N–H and O–H groups in total. The first-order valence-electron chi connectivity index (χ1n) is 11.6. The first kappa shape index (κ1) is 24.5. The van der Waals surface area contributed by atoms with Crippen LogP contribution in [0.3, 0.4) is 0 Å². The molecule has 0 bridgehead atoms. The summed E-state index contributed by atoms with van der Waals surface area (Å²) >= 11 is 1.88. The predicted octanol–water partition coefficient (Wildman–Crippen LogP) is 2.39. The fourth-order valence-electron chi connectivity index (χ4n) is 4.88. The highest BCUT2D eigenvalue weighted by atomic mass is 32.2. The van der Waals surface area contributed by atoms with Crippen LogP contribution in [0.15, 0.2) is 29.2 Å². The van der Waals surface area contributed by atoms with Crippen molar-refractivity contribution in [1.29, 1.82) is 0 Å². The van der Waals surface area contributed by atoms with E-state index < -0.39 is 16.0 Å². The number of thioether (sulfide) groups is 1. The van der Waals surface area contributed by atoms with Gasteiger partial charge in [-0.15, -0.1) is 0 Å². The molecule has 4 rings (SSSR count). The van der Waals surface area contributed by atoms with Gasteiger partial charge in [0, 0.05) is 44.0 Å². The van der Waals surface area contributed by atoms with Gasteiger partial charge >= 0.3 is 5.97 Å². The Morgan fingerprint density at radius 2 is 1.94 bits per heavy atom. The number of nitrogens with zero attached hydrogens (tertiary/aromatic N) is 2. The molecule has 182 valence electrons. The second-order valence-electron chi connectivity index (χ2n) is 8.81. The minimum Gasteiger partial charge on any atom is -0.465 e. The van der Waals surface area contributed by atoms with Crippen molar-refractivity contribution in [2.45, 2.75) is 49.1 Å². The highest BCUT2D eigenvalue weighted by Gasteiger charge is 2.38. The van der Waals surface area contributed by atoms with Crippen LogP contribution < -0.4 is 0 Å². The van der Waals surface area contributed by atoms with Gasteiger partial charge in [-0.05, 0) is 50.0 Å². The topological polar surface area (TPSA) is 93.2 Å². The van der Waals surface area contributed by atoms with Gasteiger partial charge in [0.2, 0.25) is 15.9 Å². The molecule has 0 saturated carbocycles. The van der Waals surface area contributed by atoms with Crippen molar-refractivity contribution in [3.05, 3.63) is 29.8 Å². The summed E-state index contributed by atoms with van der Waals surface area (Å²) < 4.78 is 38.5. The number of methoxy groups -OCH3 is 1. The van der Waals surface area contributed by atoms with Crippen molar-refractivity contribution in [3.8, 4) is 0 Å². The van der Waals surface area contributed by atoms with E-state index in [0.29, 0.717) is 19.4 Å². The van der Waals surface area contributed by atoms with Crippen molar-refractivity contribution < 1.29 is 27.5 Å². The Balaban J connectivity index is 1.44. The van der Waals surface area contributed by atoms with Crippen LogP contribution in [-0.4, -0.2) is 86.5 Å². The van der Waals surface area contributed by atoms with E-state index in [4.69, 9.17) is 9.47 Å². The lowest BCUT2D eigenvalue weighted by Crippen LogP contribution is -2.50. The predicted molar refractivity (Wildman–Crippen MR) is 126 cm³/mol. The highest BCUT2D eigenvalue weighted by molar-refractivity contribution is 7.99. The Morgan fingerprint density at radius 1 is 1.18 bits per heavy atom. The molecule has 3 heterocycles. The van der Waals surface area contributed by atoms with Gasteiger partial charge in [-0.25, -0.2) is 13.2 Å². The lowest BCUT2D eigenvalue weighted by atomic mass is 9.95. The number of ether oxygens (including phenoxy) is 2. The molecule has 1 aromatic rings. The Hall–Kier alpha value is -1.62. The SMILES string of the molecule is COC(=O)c1ccccc1S(=O)(=O)N1CCC(C(=O)N(CC2CCCO2)C2CCSC2)CC1. The molecule has 3 aliphatic heterocycles. The van der Waals surface area contributed by atoms with Crippen LogP contribution in [0.1, 0.15) is 42.5 Å². The van der Waals surface area contributed by atoms with Crippen molar-refractivity contribution in [1.82, 2.24) is 9.21 Å². The van der Waals surface area contributed by atoms with Crippen LogP contribution in [0, 0.1) is 5.92 Å². The maximum absolute atomic E-state index is 13.5. The molecular weight excluding hydrogens is 464 g/mol. The number of sulfonamides is 1. The number of piperidine rings is 1. The molecule has 10 heteroatoms. The molecule has 1 amide bonds. The highest BCUT2D eigenvalue weighted by Crippen LogP contribution is 2.30. The fourth-order valence-corrected chi connectivity index (χ4v) is 7.76. The van der Waals surface area contributed by atoms with Crippen LogP contribution >= 0.6 is 11.8 Å². The third-order valence-corrected chi connectivity index (χ3v) is 9.87. The third-order valence-electron chi connectivity index (χ3n) is 6.77. The zero-order chi connectivity index (χ0) is 23.4. The summed E-state index contributed by atoms with van der Waals surface area (Å²) in [6.45, 7) is 1.90. The van der Waals surface area contributed by atoms with Gasteiger partial charge in [-0.1, -0.05) is 12.1 Å². The Labute approximate surface area is 200 Å². The smallest absolute Gasteiger partial charge is 0.339 e. The second kappa shape index (κ2) is 10.8. The molecule has 0 spiro atoms. The molecule has 1 aromatic carbocycles. The average Bonchev–Trinajstić information content (AvgIpc) is 3.56. The van der Waals surface area contributed by atoms with Gasteiger partial charge in [0.25, 0.3) is 0 Å². The lowest BCUT2D eigenvalue weighted by Gasteiger charge is -2.37. The first-order valence-corrected chi connectivity index (χ1v) is 14.2. The number of rotatable bonds is 7. The van der Waals surface area contributed by atoms with E-state index in [2.05, 4.69) is 0 Å². The van der Waals surface area contributed by atoms with Crippen molar-refractivity contribution in [2.75, 3.05) is 44.9 Å². The second-order valence-corrected chi connectivity index (χ2v) is 11.9. The van der Waals surface area contributed by atoms with Crippen molar-refractivity contribution >= 4 is 33.7 Å². The van der Waals surface area contributed by atoms with E-state index in [9.17, 15) is 18.0 Å². The largest absolute Gasteiger partial charge is 0.465 e. The number of esters is 1. The van der Waals surface area contributed by atoms with Gasteiger partial charge in [0.1, 0.15) is 0 Å². The summed E-state index contributed by atoms with van der Waals surface area (Å²) in [6.07, 6.45) is 4.08. The molecule has 0 radical (unpaired) electrons. The fraction of sp³-hybridized carbons (Fsp3) is 0.652.